The van der Waals surface area contributed by atoms with Crippen LogP contribution in [-0.2, 0) is 0 Å². The third-order valence-corrected chi connectivity index (χ3v) is 6.61. The van der Waals surface area contributed by atoms with Gasteiger partial charge in [-0.1, -0.05) is 42.8 Å². The van der Waals surface area contributed by atoms with Crippen molar-refractivity contribution in [3.8, 4) is 0 Å². The number of benzene rings is 1. The normalized spacial score (nSPS) is 35.6. The van der Waals surface area contributed by atoms with Gasteiger partial charge in [0.15, 0.2) is 0 Å². The Morgan fingerprint density at radius 2 is 2.00 bits per heavy atom. The molecule has 0 saturated heterocycles. The molecule has 2 heteroatoms. The molecule has 2 aliphatic carbocycles. The van der Waals surface area contributed by atoms with E-state index in [0.717, 1.165) is 5.92 Å². The maximum absolute atomic E-state index is 3.84. The van der Waals surface area contributed by atoms with Gasteiger partial charge in [0.25, 0.3) is 0 Å². The summed E-state index contributed by atoms with van der Waals surface area (Å²) in [7, 11) is 0. The fourth-order valence-electron chi connectivity index (χ4n) is 4.51. The Bertz CT molecular complexity index is 503. The van der Waals surface area contributed by atoms with Crippen LogP contribution in [0.2, 0.25) is 0 Å². The molecule has 1 aromatic carbocycles. The average Bonchev–Trinajstić information content (AvgIpc) is 2.80. The highest BCUT2D eigenvalue weighted by Crippen LogP contribution is 2.63. The molecular formula is C17H24BrN. The van der Waals surface area contributed by atoms with Crippen molar-refractivity contribution in [1.82, 2.24) is 0 Å². The number of aryl methyl sites for hydroxylation is 1. The highest BCUT2D eigenvalue weighted by Gasteiger charge is 2.59. The summed E-state index contributed by atoms with van der Waals surface area (Å²) >= 11 is 3.64. The van der Waals surface area contributed by atoms with E-state index >= 15 is 0 Å². The molecule has 0 spiro atoms. The SMILES string of the molecule is Cc1ccc(NC2C3(C)CCC(C3)C2(C)C)cc1Br. The molecule has 0 amide bonds. The maximum Gasteiger partial charge on any atom is 0.0368 e. The standard InChI is InChI=1S/C17H24BrN/c1-11-5-6-13(9-14(11)18)19-15-16(2,3)12-7-8-17(15,4)10-12/h5-6,9,12,15,19H,7-8,10H2,1-4H3. The summed E-state index contributed by atoms with van der Waals surface area (Å²) < 4.78 is 1.20. The van der Waals surface area contributed by atoms with Crippen LogP contribution in [0.25, 0.3) is 0 Å². The largest absolute Gasteiger partial charge is 0.381 e. The highest BCUT2D eigenvalue weighted by molar-refractivity contribution is 9.10. The first kappa shape index (κ1) is 13.5. The quantitative estimate of drug-likeness (QED) is 0.770. The van der Waals surface area contributed by atoms with Crippen LogP contribution in [0.5, 0.6) is 0 Å². The third-order valence-electron chi connectivity index (χ3n) is 5.75. The van der Waals surface area contributed by atoms with E-state index in [1.807, 2.05) is 0 Å². The molecule has 19 heavy (non-hydrogen) atoms. The molecule has 3 unspecified atom stereocenters. The molecule has 0 aromatic heterocycles. The van der Waals surface area contributed by atoms with Crippen molar-refractivity contribution < 1.29 is 0 Å². The van der Waals surface area contributed by atoms with Gasteiger partial charge in [-0.15, -0.1) is 0 Å². The van der Waals surface area contributed by atoms with Crippen molar-refractivity contribution in [3.05, 3.63) is 28.2 Å². The number of nitrogens with one attached hydrogen (secondary N) is 1. The minimum Gasteiger partial charge on any atom is -0.381 e. The van der Waals surface area contributed by atoms with Crippen molar-refractivity contribution in [2.24, 2.45) is 16.7 Å². The number of hydrogen-bond donors (Lipinski definition) is 1. The number of halogens is 1. The van der Waals surface area contributed by atoms with Crippen LogP contribution >= 0.6 is 15.9 Å². The highest BCUT2D eigenvalue weighted by atomic mass is 79.9. The van der Waals surface area contributed by atoms with Gasteiger partial charge in [0, 0.05) is 16.2 Å². The van der Waals surface area contributed by atoms with Gasteiger partial charge >= 0.3 is 0 Å². The van der Waals surface area contributed by atoms with Crippen molar-refractivity contribution >= 4 is 21.6 Å². The van der Waals surface area contributed by atoms with Crippen LogP contribution in [0.4, 0.5) is 5.69 Å². The molecule has 2 fully saturated rings. The fourth-order valence-corrected chi connectivity index (χ4v) is 4.89. The Morgan fingerprint density at radius 3 is 2.58 bits per heavy atom. The van der Waals surface area contributed by atoms with E-state index in [0.29, 0.717) is 16.9 Å². The molecule has 2 aliphatic rings. The average molecular weight is 322 g/mol. The van der Waals surface area contributed by atoms with E-state index in [1.165, 1.54) is 35.0 Å². The number of hydrogen-bond acceptors (Lipinski definition) is 1. The lowest BCUT2D eigenvalue weighted by molar-refractivity contribution is 0.155. The van der Waals surface area contributed by atoms with E-state index < -0.39 is 0 Å². The first-order chi connectivity index (χ1) is 8.83. The van der Waals surface area contributed by atoms with E-state index in [-0.39, 0.29) is 0 Å². The third kappa shape index (κ3) is 2.03. The van der Waals surface area contributed by atoms with Crippen molar-refractivity contribution in [3.63, 3.8) is 0 Å². The maximum atomic E-state index is 3.84. The van der Waals surface area contributed by atoms with Gasteiger partial charge in [-0.3, -0.25) is 0 Å². The number of fused-ring (bicyclic) bond motifs is 2. The van der Waals surface area contributed by atoms with Crippen molar-refractivity contribution in [1.29, 1.82) is 0 Å². The van der Waals surface area contributed by atoms with E-state index in [1.54, 1.807) is 0 Å². The Hall–Kier alpha value is -0.500. The van der Waals surface area contributed by atoms with Crippen LogP contribution in [0.1, 0.15) is 45.6 Å². The lowest BCUT2D eigenvalue weighted by atomic mass is 9.68. The van der Waals surface area contributed by atoms with Gasteiger partial charge in [-0.2, -0.15) is 0 Å². The van der Waals surface area contributed by atoms with Crippen LogP contribution < -0.4 is 5.32 Å². The van der Waals surface area contributed by atoms with Gasteiger partial charge in [-0.05, 0) is 60.6 Å². The molecule has 1 aromatic rings. The zero-order valence-electron chi connectivity index (χ0n) is 12.4. The van der Waals surface area contributed by atoms with Gasteiger partial charge in [-0.25, -0.2) is 0 Å². The van der Waals surface area contributed by atoms with Gasteiger partial charge in [0.1, 0.15) is 0 Å². The van der Waals surface area contributed by atoms with E-state index in [2.05, 4.69) is 67.1 Å². The molecule has 0 aliphatic heterocycles. The van der Waals surface area contributed by atoms with E-state index in [4.69, 9.17) is 0 Å². The monoisotopic (exact) mass is 321 g/mol. The van der Waals surface area contributed by atoms with Crippen LogP contribution in [-0.4, -0.2) is 6.04 Å². The van der Waals surface area contributed by atoms with Crippen molar-refractivity contribution in [2.75, 3.05) is 5.32 Å². The summed E-state index contributed by atoms with van der Waals surface area (Å²) in [6.07, 6.45) is 4.19. The summed E-state index contributed by atoms with van der Waals surface area (Å²) in [5.74, 6) is 0.892. The second kappa shape index (κ2) is 4.25. The molecule has 2 saturated carbocycles. The molecule has 2 bridgehead atoms. The zero-order valence-corrected chi connectivity index (χ0v) is 14.0. The second-order valence-electron chi connectivity index (χ2n) is 7.46. The Balaban J connectivity index is 1.88. The summed E-state index contributed by atoms with van der Waals surface area (Å²) in [6, 6.07) is 7.22. The smallest absolute Gasteiger partial charge is 0.0368 e. The van der Waals surface area contributed by atoms with Gasteiger partial charge in [0.05, 0.1) is 0 Å². The fraction of sp³-hybridized carbons (Fsp3) is 0.647. The second-order valence-corrected chi connectivity index (χ2v) is 8.31. The molecule has 1 N–H and O–H groups in total. The number of anilines is 1. The summed E-state index contributed by atoms with van der Waals surface area (Å²) in [4.78, 5) is 0. The molecule has 3 rings (SSSR count). The molecule has 3 atom stereocenters. The van der Waals surface area contributed by atoms with E-state index in [9.17, 15) is 0 Å². The lowest BCUT2D eigenvalue weighted by Gasteiger charge is -2.43. The number of rotatable bonds is 2. The molecule has 104 valence electrons. The minimum absolute atomic E-state index is 0.407. The predicted octanol–water partition coefficient (Wildman–Crippen LogP) is 5.38. The van der Waals surface area contributed by atoms with Crippen LogP contribution in [0, 0.1) is 23.7 Å². The summed E-state index contributed by atoms with van der Waals surface area (Å²) in [5.41, 5.74) is 3.43. The van der Waals surface area contributed by atoms with Crippen LogP contribution in [0.3, 0.4) is 0 Å². The van der Waals surface area contributed by atoms with Crippen LogP contribution in [0.15, 0.2) is 22.7 Å². The first-order valence-corrected chi connectivity index (χ1v) is 8.15. The van der Waals surface area contributed by atoms with Gasteiger partial charge < -0.3 is 5.32 Å². The van der Waals surface area contributed by atoms with Crippen molar-refractivity contribution in [2.45, 2.75) is 53.0 Å². The molecular weight excluding hydrogens is 298 g/mol. The Kier molecular flexibility index (Phi) is 3.01. The minimum atomic E-state index is 0.407. The lowest BCUT2D eigenvalue weighted by Crippen LogP contribution is -2.45. The topological polar surface area (TPSA) is 12.0 Å². The molecule has 1 nitrogen and oxygen atoms in total. The summed E-state index contributed by atoms with van der Waals surface area (Å²) in [6.45, 7) is 9.51. The van der Waals surface area contributed by atoms with Gasteiger partial charge in [0.2, 0.25) is 0 Å². The Labute approximate surface area is 125 Å². The zero-order chi connectivity index (χ0) is 13.8. The summed E-state index contributed by atoms with van der Waals surface area (Å²) in [5, 5.41) is 3.84. The first-order valence-electron chi connectivity index (χ1n) is 7.36. The molecule has 0 heterocycles. The molecule has 0 radical (unpaired) electrons. The predicted molar refractivity (Wildman–Crippen MR) is 85.5 cm³/mol. The Morgan fingerprint density at radius 1 is 1.26 bits per heavy atom.